The van der Waals surface area contributed by atoms with Crippen LogP contribution in [0.25, 0.3) is 0 Å². The van der Waals surface area contributed by atoms with Crippen LogP contribution in [0.1, 0.15) is 22.1 Å². The number of benzene rings is 1. The lowest BCUT2D eigenvalue weighted by atomic mass is 9.98. The minimum Gasteiger partial charge on any atom is -0.373 e. The van der Waals surface area contributed by atoms with E-state index in [1.54, 1.807) is 29.0 Å². The molecule has 0 unspecified atom stereocenters. The Kier molecular flexibility index (Phi) is 4.97. The molecule has 1 fully saturated rings. The van der Waals surface area contributed by atoms with E-state index < -0.39 is 0 Å². The number of nitrogens with zero attached hydrogens (tertiary/aromatic N) is 4. The summed E-state index contributed by atoms with van der Waals surface area (Å²) in [5.74, 6) is -0.0840. The molecule has 0 saturated carbocycles. The first-order valence-corrected chi connectivity index (χ1v) is 8.16. The molecular weight excluding hydrogens is 304 g/mol. The molecule has 1 aromatic carbocycles. The van der Waals surface area contributed by atoms with Crippen molar-refractivity contribution in [3.05, 3.63) is 54.1 Å². The fourth-order valence-electron chi connectivity index (χ4n) is 3.21. The smallest absolute Gasteiger partial charge is 0.273 e. The summed E-state index contributed by atoms with van der Waals surface area (Å²) in [5, 5.41) is 0. The Morgan fingerprint density at radius 3 is 2.75 bits per heavy atom. The Balaban J connectivity index is 1.75. The van der Waals surface area contributed by atoms with E-state index >= 15 is 0 Å². The quantitative estimate of drug-likeness (QED) is 0.855. The minimum absolute atomic E-state index is 0.0659. The number of hydrogen-bond donors (Lipinski definition) is 0. The van der Waals surface area contributed by atoms with Crippen LogP contribution in [0.4, 0.5) is 0 Å². The number of aromatic nitrogens is 2. The van der Waals surface area contributed by atoms with Crippen LogP contribution in [0.15, 0.2) is 42.9 Å². The van der Waals surface area contributed by atoms with E-state index in [1.807, 2.05) is 25.2 Å². The molecule has 6 nitrogen and oxygen atoms in total. The SMILES string of the molecule is CN(C[C@@H]1OCCN(C)[C@H]1c1ccccc1)C(=O)c1cn(C)cn1. The average molecular weight is 328 g/mol. The molecule has 0 N–H and O–H groups in total. The Hall–Kier alpha value is -2.18. The zero-order chi connectivity index (χ0) is 17.1. The first kappa shape index (κ1) is 16.7. The topological polar surface area (TPSA) is 50.6 Å². The molecule has 2 aromatic rings. The van der Waals surface area contributed by atoms with E-state index in [9.17, 15) is 4.79 Å². The molecule has 128 valence electrons. The van der Waals surface area contributed by atoms with Gasteiger partial charge in [-0.3, -0.25) is 9.69 Å². The summed E-state index contributed by atoms with van der Waals surface area (Å²) in [6, 6.07) is 10.5. The number of rotatable bonds is 4. The van der Waals surface area contributed by atoms with Gasteiger partial charge in [0.15, 0.2) is 0 Å². The normalized spacial score (nSPS) is 21.6. The van der Waals surface area contributed by atoms with Crippen molar-refractivity contribution >= 4 is 5.91 Å². The van der Waals surface area contributed by atoms with Gasteiger partial charge in [0.1, 0.15) is 5.69 Å². The Morgan fingerprint density at radius 2 is 2.08 bits per heavy atom. The van der Waals surface area contributed by atoms with Gasteiger partial charge >= 0.3 is 0 Å². The largest absolute Gasteiger partial charge is 0.373 e. The maximum atomic E-state index is 12.5. The number of ether oxygens (including phenoxy) is 1. The van der Waals surface area contributed by atoms with Crippen LogP contribution in [-0.2, 0) is 11.8 Å². The molecule has 1 aromatic heterocycles. The van der Waals surface area contributed by atoms with E-state index in [0.717, 1.165) is 6.54 Å². The van der Waals surface area contributed by atoms with E-state index in [2.05, 4.69) is 29.1 Å². The molecule has 2 heterocycles. The monoisotopic (exact) mass is 328 g/mol. The molecule has 1 aliphatic heterocycles. The van der Waals surface area contributed by atoms with Crippen LogP contribution in [0.5, 0.6) is 0 Å². The van der Waals surface area contributed by atoms with Crippen LogP contribution >= 0.6 is 0 Å². The van der Waals surface area contributed by atoms with Crippen molar-refractivity contribution in [1.82, 2.24) is 19.4 Å². The lowest BCUT2D eigenvalue weighted by Crippen LogP contribution is -2.48. The lowest BCUT2D eigenvalue weighted by Gasteiger charge is -2.40. The van der Waals surface area contributed by atoms with Gasteiger partial charge in [-0.2, -0.15) is 0 Å². The van der Waals surface area contributed by atoms with Crippen LogP contribution in [0, 0.1) is 0 Å². The van der Waals surface area contributed by atoms with Crippen LogP contribution in [-0.4, -0.2) is 65.2 Å². The van der Waals surface area contributed by atoms with Crippen LogP contribution < -0.4 is 0 Å². The van der Waals surface area contributed by atoms with Gasteiger partial charge in [-0.25, -0.2) is 4.98 Å². The van der Waals surface area contributed by atoms with Crippen molar-refractivity contribution in [2.24, 2.45) is 7.05 Å². The number of likely N-dealkylation sites (N-methyl/N-ethyl adjacent to an activating group) is 2. The predicted molar refractivity (Wildman–Crippen MR) is 91.7 cm³/mol. The zero-order valence-corrected chi connectivity index (χ0v) is 14.4. The van der Waals surface area contributed by atoms with Crippen molar-refractivity contribution in [2.45, 2.75) is 12.1 Å². The summed E-state index contributed by atoms with van der Waals surface area (Å²) in [6.07, 6.45) is 3.31. The van der Waals surface area contributed by atoms with Crippen molar-refractivity contribution in [3.63, 3.8) is 0 Å². The number of carbonyl (C=O) groups excluding carboxylic acids is 1. The Morgan fingerprint density at radius 1 is 1.33 bits per heavy atom. The summed E-state index contributed by atoms with van der Waals surface area (Å²) in [6.45, 7) is 2.09. The molecule has 0 aliphatic carbocycles. The maximum absolute atomic E-state index is 12.5. The number of amides is 1. The highest BCUT2D eigenvalue weighted by Gasteiger charge is 2.33. The second kappa shape index (κ2) is 7.15. The molecule has 3 rings (SSSR count). The minimum atomic E-state index is -0.0840. The molecule has 0 spiro atoms. The Bertz CT molecular complexity index is 685. The lowest BCUT2D eigenvalue weighted by molar-refractivity contribution is -0.0708. The van der Waals surface area contributed by atoms with Gasteiger partial charge in [0.25, 0.3) is 5.91 Å². The fraction of sp³-hybridized carbons (Fsp3) is 0.444. The summed E-state index contributed by atoms with van der Waals surface area (Å²) in [7, 11) is 5.76. The van der Waals surface area contributed by atoms with Crippen molar-refractivity contribution in [2.75, 3.05) is 33.8 Å². The average Bonchev–Trinajstić information content (AvgIpc) is 3.01. The summed E-state index contributed by atoms with van der Waals surface area (Å²) < 4.78 is 7.79. The third-order valence-corrected chi connectivity index (χ3v) is 4.47. The predicted octanol–water partition coefficient (Wildman–Crippen LogP) is 1.56. The maximum Gasteiger partial charge on any atom is 0.273 e. The molecule has 1 saturated heterocycles. The van der Waals surface area contributed by atoms with Gasteiger partial charge in [0.2, 0.25) is 0 Å². The number of hydrogen-bond acceptors (Lipinski definition) is 4. The van der Waals surface area contributed by atoms with Gasteiger partial charge in [-0.15, -0.1) is 0 Å². The van der Waals surface area contributed by atoms with Gasteiger partial charge in [0, 0.05) is 33.4 Å². The van der Waals surface area contributed by atoms with Crippen molar-refractivity contribution < 1.29 is 9.53 Å². The van der Waals surface area contributed by atoms with Gasteiger partial charge in [-0.1, -0.05) is 30.3 Å². The molecule has 0 radical (unpaired) electrons. The second-order valence-electron chi connectivity index (χ2n) is 6.36. The van der Waals surface area contributed by atoms with E-state index in [-0.39, 0.29) is 18.1 Å². The summed E-state index contributed by atoms with van der Waals surface area (Å²) >= 11 is 0. The summed E-state index contributed by atoms with van der Waals surface area (Å²) in [5.41, 5.74) is 1.67. The zero-order valence-electron chi connectivity index (χ0n) is 14.4. The number of aryl methyl sites for hydroxylation is 1. The van der Waals surface area contributed by atoms with E-state index in [0.29, 0.717) is 18.8 Å². The van der Waals surface area contributed by atoms with Crippen LogP contribution in [0.2, 0.25) is 0 Å². The standard InChI is InChI=1S/C18H24N4O2/c1-20-11-15(19-13-20)18(23)22(3)12-16-17(21(2)9-10-24-16)14-7-5-4-6-8-14/h4-8,11,13,16-17H,9-10,12H2,1-3H3/t16-,17-/m0/s1. The second-order valence-corrected chi connectivity index (χ2v) is 6.36. The third-order valence-electron chi connectivity index (χ3n) is 4.47. The molecule has 6 heteroatoms. The van der Waals surface area contributed by atoms with E-state index in [1.165, 1.54) is 5.56 Å². The van der Waals surface area contributed by atoms with Crippen LogP contribution in [0.3, 0.4) is 0 Å². The van der Waals surface area contributed by atoms with Gasteiger partial charge in [0.05, 0.1) is 25.1 Å². The molecule has 2 atom stereocenters. The molecule has 1 amide bonds. The summed E-state index contributed by atoms with van der Waals surface area (Å²) in [4.78, 5) is 20.7. The van der Waals surface area contributed by atoms with Gasteiger partial charge in [-0.05, 0) is 12.6 Å². The van der Waals surface area contributed by atoms with Crippen molar-refractivity contribution in [3.8, 4) is 0 Å². The molecular formula is C18H24N4O2. The number of imidazole rings is 1. The number of carbonyl (C=O) groups is 1. The fourth-order valence-corrected chi connectivity index (χ4v) is 3.21. The van der Waals surface area contributed by atoms with Crippen molar-refractivity contribution in [1.29, 1.82) is 0 Å². The first-order valence-electron chi connectivity index (χ1n) is 8.16. The van der Waals surface area contributed by atoms with Gasteiger partial charge < -0.3 is 14.2 Å². The molecule has 24 heavy (non-hydrogen) atoms. The number of morpholine rings is 1. The Labute approximate surface area is 142 Å². The highest BCUT2D eigenvalue weighted by molar-refractivity contribution is 5.91. The first-order chi connectivity index (χ1) is 11.6. The van der Waals surface area contributed by atoms with E-state index in [4.69, 9.17) is 4.74 Å². The highest BCUT2D eigenvalue weighted by atomic mass is 16.5. The third kappa shape index (κ3) is 3.49. The molecule has 0 bridgehead atoms. The molecule has 1 aliphatic rings. The highest BCUT2D eigenvalue weighted by Crippen LogP contribution is 2.28.